The molecule has 0 radical (unpaired) electrons. The molecule has 30 rings (SSSR count). The smallest absolute Gasteiger partial charge is 0.164 e. The van der Waals surface area contributed by atoms with Crippen molar-refractivity contribution in [1.82, 2.24) is 44.9 Å². The maximum absolute atomic E-state index is 6.77. The number of rotatable bonds is 12. The number of nitrogens with zero attached hydrogens (tertiary/aromatic N) is 9. The molecule has 0 bridgehead atoms. The first-order chi connectivity index (χ1) is 73.6. The minimum Gasteiger partial charge on any atom is -0.455 e. The molecule has 29 aromatic rings. The number of benzene rings is 24. The summed E-state index contributed by atoms with van der Waals surface area (Å²) >= 11 is 1.87. The monoisotopic (exact) mass is 1920 g/mol. The summed E-state index contributed by atoms with van der Waals surface area (Å²) in [7, 11) is 0. The lowest BCUT2D eigenvalue weighted by Gasteiger charge is -2.23. The number of fused-ring (bicyclic) bond motifs is 27. The van der Waals surface area contributed by atoms with Gasteiger partial charge in [0.2, 0.25) is 0 Å². The Labute approximate surface area is 862 Å². The molecular formula is C138H87N9OS. The van der Waals surface area contributed by atoms with Crippen molar-refractivity contribution in [3.63, 3.8) is 0 Å². The molecule has 0 spiro atoms. The molecule has 11 heteroatoms. The van der Waals surface area contributed by atoms with Crippen LogP contribution in [-0.2, 0) is 5.41 Å². The maximum atomic E-state index is 6.77. The normalized spacial score (nSPS) is 12.1. The molecule has 1 aliphatic rings. The summed E-state index contributed by atoms with van der Waals surface area (Å²) in [5.74, 6) is 5.86. The van der Waals surface area contributed by atoms with Crippen LogP contribution in [0.4, 0.5) is 0 Å². The second-order valence-corrected chi connectivity index (χ2v) is 39.9. The zero-order valence-electron chi connectivity index (χ0n) is 81.1. The van der Waals surface area contributed by atoms with E-state index in [-0.39, 0.29) is 5.41 Å². The molecule has 0 aliphatic heterocycles. The molecule has 5 heterocycles. The van der Waals surface area contributed by atoms with Crippen molar-refractivity contribution in [3.05, 3.63) is 503 Å². The van der Waals surface area contributed by atoms with Crippen molar-refractivity contribution in [1.29, 1.82) is 0 Å². The van der Waals surface area contributed by atoms with Crippen molar-refractivity contribution in [2.75, 3.05) is 0 Å². The summed E-state index contributed by atoms with van der Waals surface area (Å²) in [6.45, 7) is 4.74. The van der Waals surface area contributed by atoms with Gasteiger partial charge >= 0.3 is 0 Å². The van der Waals surface area contributed by atoms with Crippen molar-refractivity contribution < 1.29 is 4.42 Å². The molecule has 0 unspecified atom stereocenters. The summed E-state index contributed by atoms with van der Waals surface area (Å²) in [5.41, 5.74) is 22.2. The molecule has 0 amide bonds. The number of furan rings is 1. The predicted octanol–water partition coefficient (Wildman–Crippen LogP) is 36.6. The third kappa shape index (κ3) is 15.4. The van der Waals surface area contributed by atoms with Crippen LogP contribution in [0.1, 0.15) is 25.0 Å². The third-order valence-corrected chi connectivity index (χ3v) is 30.9. The molecule has 24 aromatic carbocycles. The van der Waals surface area contributed by atoms with E-state index in [1.54, 1.807) is 0 Å². The first-order valence-electron chi connectivity index (χ1n) is 50.4. The SMILES string of the molecule is CC1(C)c2cc(-c3cccc(-c4nc(-c5ccccc5)nc(-c5ccccc5)n4)c3)ccc2-c2cc3c4ccccc4c4ccccc4c3cc21.c1ccc(-c2nc(-c3ccccc3)nc(-c3cccc(-c4cccc5c4oc4cc6c7ccccc7c7ccccc7c6cc45)c3)n2)cc1.c1ccc(-c2nc(-c3ccccc3)nc(-c3cccc(-c4cccc5c4sc4cc6c7ccccc7c7ccccc7c6cc45)c3)n2)cc1. The highest BCUT2D eigenvalue weighted by Crippen LogP contribution is 2.54. The van der Waals surface area contributed by atoms with Gasteiger partial charge in [0.1, 0.15) is 11.2 Å². The van der Waals surface area contributed by atoms with Crippen molar-refractivity contribution in [2.45, 2.75) is 19.3 Å². The summed E-state index contributed by atoms with van der Waals surface area (Å²) in [5, 5.41) is 27.8. The highest BCUT2D eigenvalue weighted by molar-refractivity contribution is 7.26. The molecular weight excluding hydrogens is 1830 g/mol. The maximum Gasteiger partial charge on any atom is 0.164 e. The van der Waals surface area contributed by atoms with E-state index in [1.807, 2.05) is 193 Å². The van der Waals surface area contributed by atoms with Crippen LogP contribution in [0.15, 0.2) is 496 Å². The second kappa shape index (κ2) is 36.2. The van der Waals surface area contributed by atoms with Crippen LogP contribution in [0, 0.1) is 0 Å². The lowest BCUT2D eigenvalue weighted by Crippen LogP contribution is -2.15. The topological polar surface area (TPSA) is 129 Å². The fourth-order valence-electron chi connectivity index (χ4n) is 22.5. The number of aromatic nitrogens is 9. The molecule has 10 nitrogen and oxygen atoms in total. The third-order valence-electron chi connectivity index (χ3n) is 29.7. The van der Waals surface area contributed by atoms with Crippen molar-refractivity contribution in [3.8, 4) is 147 Å². The van der Waals surface area contributed by atoms with Gasteiger partial charge in [0, 0.05) is 92.0 Å². The van der Waals surface area contributed by atoms with E-state index in [4.69, 9.17) is 49.3 Å². The van der Waals surface area contributed by atoms with Crippen LogP contribution < -0.4 is 0 Å². The van der Waals surface area contributed by atoms with Gasteiger partial charge in [-0.05, 0) is 208 Å². The molecule has 149 heavy (non-hydrogen) atoms. The fourth-order valence-corrected chi connectivity index (χ4v) is 23.7. The first kappa shape index (κ1) is 87.5. The highest BCUT2D eigenvalue weighted by atomic mass is 32.1. The van der Waals surface area contributed by atoms with E-state index in [0.29, 0.717) is 52.4 Å². The molecule has 1 aliphatic carbocycles. The van der Waals surface area contributed by atoms with E-state index >= 15 is 0 Å². The standard InChI is InChI=1S/C48H33N3.C45H27N3O.C45H27N3S/c1-48(2)43-27-33(24-25-39(43)42-28-40-37-22-11-9-20-35(37)36-21-10-12-23-38(36)41(40)29-44(42)48)32-18-13-19-34(26-32)47-50-45(30-14-5-3-6-15-30)49-46(51-47)31-16-7-4-8-17-31;2*1-3-13-28(14-4-1)43-46-44(29-15-5-2-6-16-29)48-45(47-43)31-18-11-17-30(25-31)32-23-12-24-37-40-26-38-35-21-9-7-19-33(35)34-20-8-10-22-36(34)39(38)27-41(40)49-42(32)37/h3-29H,1-2H3;2*1-27H. The van der Waals surface area contributed by atoms with Crippen LogP contribution in [0.2, 0.25) is 0 Å². The van der Waals surface area contributed by atoms with Gasteiger partial charge in [0.15, 0.2) is 52.4 Å². The summed E-state index contributed by atoms with van der Waals surface area (Å²) < 4.78 is 9.34. The van der Waals surface area contributed by atoms with Gasteiger partial charge in [-0.2, -0.15) is 0 Å². The fraction of sp³-hybridized carbons (Fsp3) is 0.0217. The zero-order valence-corrected chi connectivity index (χ0v) is 81.9. The van der Waals surface area contributed by atoms with Gasteiger partial charge < -0.3 is 4.42 Å². The number of thiophene rings is 1. The van der Waals surface area contributed by atoms with Crippen LogP contribution in [-0.4, -0.2) is 44.9 Å². The quantitative estimate of drug-likeness (QED) is 0.109. The average molecular weight is 1920 g/mol. The van der Waals surface area contributed by atoms with Crippen LogP contribution in [0.3, 0.4) is 0 Å². The predicted molar refractivity (Wildman–Crippen MR) is 620 cm³/mol. The average Bonchev–Trinajstić information content (AvgIpc) is 1.55. The Balaban J connectivity index is 0.000000108. The van der Waals surface area contributed by atoms with E-state index in [0.717, 1.165) is 94.3 Å². The Bertz CT molecular complexity index is 9890. The van der Waals surface area contributed by atoms with Gasteiger partial charge in [-0.1, -0.05) is 445 Å². The Morgan fingerprint density at radius 2 is 0.423 bits per heavy atom. The van der Waals surface area contributed by atoms with Crippen molar-refractivity contribution in [2.24, 2.45) is 0 Å². The Hall–Kier alpha value is -19.3. The highest BCUT2D eigenvalue weighted by Gasteiger charge is 2.37. The van der Waals surface area contributed by atoms with Crippen molar-refractivity contribution >= 4 is 150 Å². The van der Waals surface area contributed by atoms with Gasteiger partial charge in [-0.25, -0.2) is 44.9 Å². The summed E-state index contributed by atoms with van der Waals surface area (Å²) in [6.07, 6.45) is 0. The van der Waals surface area contributed by atoms with Crippen LogP contribution >= 0.6 is 11.3 Å². The van der Waals surface area contributed by atoms with Crippen LogP contribution in [0.5, 0.6) is 0 Å². The Morgan fingerprint density at radius 3 is 0.812 bits per heavy atom. The van der Waals surface area contributed by atoms with Gasteiger partial charge in [-0.3, -0.25) is 0 Å². The lowest BCUT2D eigenvalue weighted by molar-refractivity contribution is 0.661. The largest absolute Gasteiger partial charge is 0.455 e. The van der Waals surface area contributed by atoms with E-state index in [9.17, 15) is 0 Å². The van der Waals surface area contributed by atoms with Crippen LogP contribution in [0.25, 0.3) is 286 Å². The molecule has 0 atom stereocenters. The summed E-state index contributed by atoms with van der Waals surface area (Å²) in [4.78, 5) is 44.5. The lowest BCUT2D eigenvalue weighted by atomic mass is 9.80. The van der Waals surface area contributed by atoms with Gasteiger partial charge in [0.25, 0.3) is 0 Å². The Morgan fingerprint density at radius 1 is 0.161 bits per heavy atom. The minimum absolute atomic E-state index is 0.164. The number of hydrogen-bond donors (Lipinski definition) is 0. The Kier molecular flexibility index (Phi) is 21.3. The molecule has 0 fully saturated rings. The number of para-hydroxylation sites is 1. The molecule has 0 saturated heterocycles. The van der Waals surface area contributed by atoms with Gasteiger partial charge in [0.05, 0.1) is 0 Å². The summed E-state index contributed by atoms with van der Waals surface area (Å²) in [6, 6.07) is 173. The van der Waals surface area contributed by atoms with E-state index in [1.165, 1.54) is 151 Å². The first-order valence-corrected chi connectivity index (χ1v) is 51.2. The van der Waals surface area contributed by atoms with E-state index in [2.05, 4.69) is 323 Å². The molecule has 0 saturated carbocycles. The zero-order chi connectivity index (χ0) is 98.7. The second-order valence-electron chi connectivity index (χ2n) is 38.8. The van der Waals surface area contributed by atoms with Gasteiger partial charge in [-0.15, -0.1) is 11.3 Å². The number of hydrogen-bond acceptors (Lipinski definition) is 11. The molecule has 696 valence electrons. The molecule has 0 N–H and O–H groups in total. The minimum atomic E-state index is -0.164. The molecule has 5 aromatic heterocycles. The van der Waals surface area contributed by atoms with E-state index < -0.39 is 0 Å².